The number of carbonyl (C=O) groups excluding carboxylic acids is 1. The van der Waals surface area contributed by atoms with Crippen molar-refractivity contribution in [2.75, 3.05) is 23.4 Å². The van der Waals surface area contributed by atoms with Gasteiger partial charge in [-0.1, -0.05) is 18.5 Å². The van der Waals surface area contributed by atoms with Crippen molar-refractivity contribution in [2.24, 2.45) is 0 Å². The Balaban J connectivity index is 2.37. The second-order valence-electron chi connectivity index (χ2n) is 5.70. The first-order valence-electron chi connectivity index (χ1n) is 8.83. The number of ether oxygens (including phenoxy) is 1. The van der Waals surface area contributed by atoms with Crippen LogP contribution in [-0.4, -0.2) is 51.2 Å². The third-order valence-corrected chi connectivity index (χ3v) is 4.94. The average Bonchev–Trinajstić information content (AvgIpc) is 2.68. The summed E-state index contributed by atoms with van der Waals surface area (Å²) in [5.41, 5.74) is 0.783. The third kappa shape index (κ3) is 6.10. The maximum Gasteiger partial charge on any atom is 0.343 e. The molecule has 1 unspecified atom stereocenters. The Labute approximate surface area is 172 Å². The van der Waals surface area contributed by atoms with Gasteiger partial charge in [-0.25, -0.2) is 19.6 Å². The first-order valence-corrected chi connectivity index (χ1v) is 10.4. The van der Waals surface area contributed by atoms with E-state index < -0.39 is 18.0 Å². The highest BCUT2D eigenvalue weighted by molar-refractivity contribution is 7.99. The van der Waals surface area contributed by atoms with Gasteiger partial charge in [0.15, 0.2) is 5.82 Å². The second kappa shape index (κ2) is 10.9. The average molecular weight is 424 g/mol. The monoisotopic (exact) mass is 423 g/mol. The normalized spacial score (nSPS) is 11.7. The molecule has 1 aromatic carbocycles. The van der Waals surface area contributed by atoms with Crippen LogP contribution in [0.2, 0.25) is 5.02 Å². The Kier molecular flexibility index (Phi) is 8.53. The van der Waals surface area contributed by atoms with E-state index in [1.54, 1.807) is 43.0 Å². The number of aromatic nitrogens is 2. The zero-order valence-corrected chi connectivity index (χ0v) is 17.2. The van der Waals surface area contributed by atoms with Crippen LogP contribution in [0.3, 0.4) is 0 Å². The summed E-state index contributed by atoms with van der Waals surface area (Å²) in [7, 11) is 0. The molecule has 0 amide bonds. The van der Waals surface area contributed by atoms with E-state index in [2.05, 4.69) is 15.3 Å². The van der Waals surface area contributed by atoms with Crippen LogP contribution in [0.1, 0.15) is 30.6 Å². The summed E-state index contributed by atoms with van der Waals surface area (Å²) in [6.45, 7) is 3.89. The molecule has 9 heteroatoms. The summed E-state index contributed by atoms with van der Waals surface area (Å²) in [5, 5.41) is 13.0. The van der Waals surface area contributed by atoms with Gasteiger partial charge in [-0.15, -0.1) is 0 Å². The molecule has 2 N–H and O–H groups in total. The van der Waals surface area contributed by atoms with E-state index in [9.17, 15) is 14.7 Å². The minimum atomic E-state index is -1.02. The van der Waals surface area contributed by atoms with Crippen molar-refractivity contribution in [3.05, 3.63) is 41.0 Å². The zero-order valence-electron chi connectivity index (χ0n) is 15.6. The molecule has 0 saturated carbocycles. The molecule has 0 bridgehead atoms. The van der Waals surface area contributed by atoms with E-state index in [4.69, 9.17) is 16.3 Å². The molecule has 28 heavy (non-hydrogen) atoms. The van der Waals surface area contributed by atoms with Crippen molar-refractivity contribution in [3.8, 4) is 11.4 Å². The summed E-state index contributed by atoms with van der Waals surface area (Å²) >= 11 is 7.56. The van der Waals surface area contributed by atoms with Crippen molar-refractivity contribution < 1.29 is 19.4 Å². The molecule has 2 rings (SSSR count). The molecule has 7 nitrogen and oxygen atoms in total. The predicted molar refractivity (Wildman–Crippen MR) is 111 cm³/mol. The number of hydrogen-bond acceptors (Lipinski definition) is 7. The van der Waals surface area contributed by atoms with Crippen molar-refractivity contribution in [1.82, 2.24) is 9.97 Å². The quantitative estimate of drug-likeness (QED) is 0.437. The Morgan fingerprint density at radius 2 is 2.00 bits per heavy atom. The zero-order chi connectivity index (χ0) is 20.5. The van der Waals surface area contributed by atoms with Gasteiger partial charge in [0.1, 0.15) is 17.4 Å². The minimum absolute atomic E-state index is 0.0916. The van der Waals surface area contributed by atoms with Gasteiger partial charge in [-0.05, 0) is 49.1 Å². The molecule has 0 fully saturated rings. The number of nitrogens with zero attached hydrogens (tertiary/aromatic N) is 2. The summed E-state index contributed by atoms with van der Waals surface area (Å²) < 4.78 is 5.04. The van der Waals surface area contributed by atoms with E-state index in [1.165, 1.54) is 6.20 Å². The van der Waals surface area contributed by atoms with E-state index >= 15 is 0 Å². The number of carboxylic acid groups (broad SMARTS) is 1. The second-order valence-corrected chi connectivity index (χ2v) is 7.53. The number of esters is 1. The van der Waals surface area contributed by atoms with Gasteiger partial charge in [-0.2, -0.15) is 11.8 Å². The molecule has 0 radical (unpaired) electrons. The van der Waals surface area contributed by atoms with Crippen LogP contribution in [0.15, 0.2) is 30.5 Å². The smallest absolute Gasteiger partial charge is 0.343 e. The molecule has 1 heterocycles. The Bertz CT molecular complexity index is 817. The largest absolute Gasteiger partial charge is 0.480 e. The number of hydrogen-bond donors (Lipinski definition) is 2. The molecule has 0 saturated heterocycles. The van der Waals surface area contributed by atoms with Gasteiger partial charge in [-0.3, -0.25) is 0 Å². The molecule has 1 aromatic heterocycles. The fourth-order valence-electron chi connectivity index (χ4n) is 2.36. The molecular formula is C19H22ClN3O4S. The highest BCUT2D eigenvalue weighted by atomic mass is 35.5. The third-order valence-electron chi connectivity index (χ3n) is 3.75. The number of thioether (sulfide) groups is 1. The lowest BCUT2D eigenvalue weighted by atomic mass is 10.2. The van der Waals surface area contributed by atoms with E-state index in [0.29, 0.717) is 28.6 Å². The maximum absolute atomic E-state index is 12.3. The van der Waals surface area contributed by atoms with Gasteiger partial charge >= 0.3 is 11.9 Å². The number of anilines is 1. The number of rotatable bonds is 10. The summed E-state index contributed by atoms with van der Waals surface area (Å²) in [6, 6.07) is 6.01. The molecular weight excluding hydrogens is 402 g/mol. The topological polar surface area (TPSA) is 101 Å². The van der Waals surface area contributed by atoms with Gasteiger partial charge in [0.05, 0.1) is 6.61 Å². The standard InChI is InChI=1S/C19H22ClN3O4S/c1-3-27-19(26)14-11-21-16(12-5-7-13(20)8-6-12)23-17(14)22-15(18(24)25)9-10-28-4-2/h5-8,11,15H,3-4,9-10H2,1-2H3,(H,24,25)(H,21,22,23). The summed E-state index contributed by atoms with van der Waals surface area (Å²) in [4.78, 5) is 32.5. The van der Waals surface area contributed by atoms with Gasteiger partial charge in [0.25, 0.3) is 0 Å². The SMILES string of the molecule is CCOC(=O)c1cnc(-c2ccc(Cl)cc2)nc1NC(CCSCC)C(=O)O. The number of aliphatic carboxylic acids is 1. The molecule has 0 aliphatic carbocycles. The molecule has 0 spiro atoms. The Morgan fingerprint density at radius 1 is 1.29 bits per heavy atom. The number of carboxylic acids is 1. The van der Waals surface area contributed by atoms with Crippen LogP contribution in [-0.2, 0) is 9.53 Å². The highest BCUT2D eigenvalue weighted by Gasteiger charge is 2.23. The summed E-state index contributed by atoms with van der Waals surface area (Å²) in [5.74, 6) is 0.420. The van der Waals surface area contributed by atoms with Crippen molar-refractivity contribution in [3.63, 3.8) is 0 Å². The number of nitrogens with one attached hydrogen (secondary N) is 1. The van der Waals surface area contributed by atoms with Crippen molar-refractivity contribution in [2.45, 2.75) is 26.3 Å². The lowest BCUT2D eigenvalue weighted by Gasteiger charge is -2.17. The number of benzene rings is 1. The van der Waals surface area contributed by atoms with Crippen molar-refractivity contribution in [1.29, 1.82) is 0 Å². The summed E-state index contributed by atoms with van der Waals surface area (Å²) in [6.07, 6.45) is 1.73. The number of carbonyl (C=O) groups is 2. The van der Waals surface area contributed by atoms with E-state index in [1.807, 2.05) is 6.92 Å². The number of halogens is 1. The van der Waals surface area contributed by atoms with E-state index in [-0.39, 0.29) is 18.0 Å². The lowest BCUT2D eigenvalue weighted by Crippen LogP contribution is -2.31. The molecule has 0 aliphatic rings. The van der Waals surface area contributed by atoms with Crippen LogP contribution >= 0.6 is 23.4 Å². The molecule has 2 aromatic rings. The minimum Gasteiger partial charge on any atom is -0.480 e. The molecule has 1 atom stereocenters. The van der Waals surface area contributed by atoms with Gasteiger partial charge < -0.3 is 15.2 Å². The molecule has 0 aliphatic heterocycles. The Morgan fingerprint density at radius 3 is 2.61 bits per heavy atom. The fourth-order valence-corrected chi connectivity index (χ4v) is 3.17. The first kappa shape index (κ1) is 22.0. The van der Waals surface area contributed by atoms with Crippen LogP contribution in [0.4, 0.5) is 5.82 Å². The lowest BCUT2D eigenvalue weighted by molar-refractivity contribution is -0.137. The maximum atomic E-state index is 12.3. The Hall–Kier alpha value is -2.32. The van der Waals surface area contributed by atoms with Crippen LogP contribution in [0.25, 0.3) is 11.4 Å². The van der Waals surface area contributed by atoms with Gasteiger partial charge in [0.2, 0.25) is 0 Å². The van der Waals surface area contributed by atoms with Crippen LogP contribution in [0, 0.1) is 0 Å². The van der Waals surface area contributed by atoms with Crippen LogP contribution in [0.5, 0.6) is 0 Å². The van der Waals surface area contributed by atoms with Gasteiger partial charge in [0, 0.05) is 16.8 Å². The highest BCUT2D eigenvalue weighted by Crippen LogP contribution is 2.23. The molecule has 150 valence electrons. The van der Waals surface area contributed by atoms with Crippen molar-refractivity contribution >= 4 is 41.1 Å². The van der Waals surface area contributed by atoms with E-state index in [0.717, 1.165) is 5.75 Å². The fraction of sp³-hybridized carbons (Fsp3) is 0.368. The predicted octanol–water partition coefficient (Wildman–Crippen LogP) is 3.98. The first-order chi connectivity index (χ1) is 13.5. The van der Waals surface area contributed by atoms with Crippen LogP contribution < -0.4 is 5.32 Å².